The predicted molar refractivity (Wildman–Crippen MR) is 62.0 cm³/mol. The van der Waals surface area contributed by atoms with Crippen LogP contribution in [0, 0.1) is 11.3 Å². The van der Waals surface area contributed by atoms with Gasteiger partial charge in [0.15, 0.2) is 0 Å². The standard InChI is InChI=1S/C12H18N2O/c1-9(2)7-15-8-10-4-3-5-11(6-10)12(13)14/h3-6,9H,7-8H2,1-2H3,(H3,13,14). The van der Waals surface area contributed by atoms with E-state index in [0.717, 1.165) is 17.7 Å². The van der Waals surface area contributed by atoms with E-state index in [0.29, 0.717) is 12.5 Å². The molecule has 0 unspecified atom stereocenters. The van der Waals surface area contributed by atoms with Gasteiger partial charge in [-0.3, -0.25) is 5.41 Å². The third kappa shape index (κ3) is 4.13. The number of nitrogen functional groups attached to an aromatic ring is 1. The molecule has 0 amide bonds. The Labute approximate surface area is 90.8 Å². The normalized spacial score (nSPS) is 10.6. The molecular weight excluding hydrogens is 188 g/mol. The van der Waals surface area contributed by atoms with Crippen LogP contribution in [0.15, 0.2) is 24.3 Å². The number of rotatable bonds is 5. The first kappa shape index (κ1) is 11.7. The van der Waals surface area contributed by atoms with Crippen molar-refractivity contribution in [1.82, 2.24) is 0 Å². The molecule has 15 heavy (non-hydrogen) atoms. The van der Waals surface area contributed by atoms with Gasteiger partial charge in [0.05, 0.1) is 6.61 Å². The molecule has 0 heterocycles. The van der Waals surface area contributed by atoms with E-state index < -0.39 is 0 Å². The molecule has 0 aliphatic carbocycles. The fraction of sp³-hybridized carbons (Fsp3) is 0.417. The van der Waals surface area contributed by atoms with E-state index in [-0.39, 0.29) is 5.84 Å². The first-order valence-corrected chi connectivity index (χ1v) is 5.10. The van der Waals surface area contributed by atoms with Crippen LogP contribution >= 0.6 is 0 Å². The van der Waals surface area contributed by atoms with E-state index in [9.17, 15) is 0 Å². The second kappa shape index (κ2) is 5.51. The molecule has 3 heteroatoms. The zero-order valence-electron chi connectivity index (χ0n) is 9.29. The minimum Gasteiger partial charge on any atom is -0.384 e. The van der Waals surface area contributed by atoms with Gasteiger partial charge in [-0.15, -0.1) is 0 Å². The van der Waals surface area contributed by atoms with Crippen molar-refractivity contribution in [2.75, 3.05) is 6.61 Å². The number of benzene rings is 1. The van der Waals surface area contributed by atoms with Crippen molar-refractivity contribution in [2.24, 2.45) is 11.7 Å². The van der Waals surface area contributed by atoms with Crippen LogP contribution in [0.3, 0.4) is 0 Å². The Bertz CT molecular complexity index is 334. The molecule has 1 rings (SSSR count). The van der Waals surface area contributed by atoms with Crippen molar-refractivity contribution in [3.63, 3.8) is 0 Å². The van der Waals surface area contributed by atoms with Gasteiger partial charge in [0.2, 0.25) is 0 Å². The molecule has 0 saturated carbocycles. The zero-order valence-corrected chi connectivity index (χ0v) is 9.29. The number of hydrogen-bond donors (Lipinski definition) is 2. The average molecular weight is 206 g/mol. The summed E-state index contributed by atoms with van der Waals surface area (Å²) in [6.45, 7) is 5.57. The van der Waals surface area contributed by atoms with Gasteiger partial charge < -0.3 is 10.5 Å². The molecule has 0 spiro atoms. The molecule has 3 nitrogen and oxygen atoms in total. The van der Waals surface area contributed by atoms with Gasteiger partial charge in [0.25, 0.3) is 0 Å². The maximum atomic E-state index is 7.31. The van der Waals surface area contributed by atoms with Crippen LogP contribution in [0.5, 0.6) is 0 Å². The van der Waals surface area contributed by atoms with Gasteiger partial charge in [0, 0.05) is 12.2 Å². The van der Waals surface area contributed by atoms with E-state index in [2.05, 4.69) is 13.8 Å². The highest BCUT2D eigenvalue weighted by atomic mass is 16.5. The lowest BCUT2D eigenvalue weighted by atomic mass is 10.1. The van der Waals surface area contributed by atoms with Crippen molar-refractivity contribution >= 4 is 5.84 Å². The highest BCUT2D eigenvalue weighted by Crippen LogP contribution is 2.07. The molecule has 1 aromatic rings. The number of nitrogens with two attached hydrogens (primary N) is 1. The summed E-state index contributed by atoms with van der Waals surface area (Å²) in [6.07, 6.45) is 0. The molecule has 0 aromatic heterocycles. The van der Waals surface area contributed by atoms with Gasteiger partial charge in [0.1, 0.15) is 5.84 Å². The lowest BCUT2D eigenvalue weighted by molar-refractivity contribution is 0.0971. The third-order valence-electron chi connectivity index (χ3n) is 1.96. The Balaban J connectivity index is 2.54. The second-order valence-electron chi connectivity index (χ2n) is 4.02. The summed E-state index contributed by atoms with van der Waals surface area (Å²) >= 11 is 0. The SMILES string of the molecule is CC(C)COCc1cccc(C(=N)N)c1. The Morgan fingerprint density at radius 1 is 1.47 bits per heavy atom. The molecule has 0 radical (unpaired) electrons. The summed E-state index contributed by atoms with van der Waals surface area (Å²) in [4.78, 5) is 0. The smallest absolute Gasteiger partial charge is 0.122 e. The fourth-order valence-corrected chi connectivity index (χ4v) is 1.24. The average Bonchev–Trinajstić information content (AvgIpc) is 2.17. The van der Waals surface area contributed by atoms with Crippen LogP contribution < -0.4 is 5.73 Å². The minimum atomic E-state index is 0.0979. The maximum absolute atomic E-state index is 7.31. The molecular formula is C12H18N2O. The highest BCUT2D eigenvalue weighted by Gasteiger charge is 1.99. The first-order chi connectivity index (χ1) is 7.09. The highest BCUT2D eigenvalue weighted by molar-refractivity contribution is 5.95. The fourth-order valence-electron chi connectivity index (χ4n) is 1.24. The van der Waals surface area contributed by atoms with E-state index in [1.807, 2.05) is 24.3 Å². The topological polar surface area (TPSA) is 59.1 Å². The minimum absolute atomic E-state index is 0.0979. The lowest BCUT2D eigenvalue weighted by Crippen LogP contribution is -2.11. The van der Waals surface area contributed by atoms with Crippen LogP contribution in [0.2, 0.25) is 0 Å². The van der Waals surface area contributed by atoms with E-state index >= 15 is 0 Å². The quantitative estimate of drug-likeness (QED) is 0.573. The largest absolute Gasteiger partial charge is 0.384 e. The molecule has 0 atom stereocenters. The van der Waals surface area contributed by atoms with Gasteiger partial charge in [-0.1, -0.05) is 32.0 Å². The number of ether oxygens (including phenoxy) is 1. The Kier molecular flexibility index (Phi) is 4.31. The Morgan fingerprint density at radius 3 is 2.80 bits per heavy atom. The summed E-state index contributed by atoms with van der Waals surface area (Å²) in [5, 5.41) is 7.31. The third-order valence-corrected chi connectivity index (χ3v) is 1.96. The van der Waals surface area contributed by atoms with Crippen molar-refractivity contribution in [1.29, 1.82) is 5.41 Å². The molecule has 82 valence electrons. The van der Waals surface area contributed by atoms with Crippen LogP contribution in [0.1, 0.15) is 25.0 Å². The van der Waals surface area contributed by atoms with Crippen molar-refractivity contribution in [3.8, 4) is 0 Å². The van der Waals surface area contributed by atoms with Gasteiger partial charge in [-0.2, -0.15) is 0 Å². The van der Waals surface area contributed by atoms with Crippen molar-refractivity contribution in [3.05, 3.63) is 35.4 Å². The molecule has 0 bridgehead atoms. The van der Waals surface area contributed by atoms with E-state index in [1.165, 1.54) is 0 Å². The summed E-state index contributed by atoms with van der Waals surface area (Å²) < 4.78 is 5.50. The van der Waals surface area contributed by atoms with Crippen LogP contribution in [-0.4, -0.2) is 12.4 Å². The van der Waals surface area contributed by atoms with Crippen LogP contribution in [0.4, 0.5) is 0 Å². The number of hydrogen-bond acceptors (Lipinski definition) is 2. The van der Waals surface area contributed by atoms with Crippen LogP contribution in [0.25, 0.3) is 0 Å². The Hall–Kier alpha value is -1.35. The maximum Gasteiger partial charge on any atom is 0.122 e. The van der Waals surface area contributed by atoms with E-state index in [1.54, 1.807) is 0 Å². The van der Waals surface area contributed by atoms with Gasteiger partial charge >= 0.3 is 0 Å². The lowest BCUT2D eigenvalue weighted by Gasteiger charge is -2.07. The summed E-state index contributed by atoms with van der Waals surface area (Å²) in [7, 11) is 0. The number of amidine groups is 1. The molecule has 3 N–H and O–H groups in total. The van der Waals surface area contributed by atoms with Crippen molar-refractivity contribution in [2.45, 2.75) is 20.5 Å². The van der Waals surface area contributed by atoms with Gasteiger partial charge in [-0.25, -0.2) is 0 Å². The Morgan fingerprint density at radius 2 is 2.20 bits per heavy atom. The van der Waals surface area contributed by atoms with E-state index in [4.69, 9.17) is 15.9 Å². The molecule has 1 aromatic carbocycles. The summed E-state index contributed by atoms with van der Waals surface area (Å²) in [5.74, 6) is 0.640. The molecule has 0 aliphatic rings. The first-order valence-electron chi connectivity index (χ1n) is 5.10. The second-order valence-corrected chi connectivity index (χ2v) is 4.02. The predicted octanol–water partition coefficient (Wildman–Crippen LogP) is 2.14. The van der Waals surface area contributed by atoms with Crippen molar-refractivity contribution < 1.29 is 4.74 Å². The molecule has 0 fully saturated rings. The van der Waals surface area contributed by atoms with Gasteiger partial charge in [-0.05, 0) is 17.5 Å². The summed E-state index contributed by atoms with van der Waals surface area (Å²) in [5.41, 5.74) is 7.21. The molecule has 0 aliphatic heterocycles. The zero-order chi connectivity index (χ0) is 11.3. The monoisotopic (exact) mass is 206 g/mol. The summed E-state index contributed by atoms with van der Waals surface area (Å²) in [6, 6.07) is 7.59. The van der Waals surface area contributed by atoms with Crippen LogP contribution in [-0.2, 0) is 11.3 Å². The number of nitrogens with one attached hydrogen (secondary N) is 1. The molecule has 0 saturated heterocycles.